The van der Waals surface area contributed by atoms with E-state index in [-0.39, 0.29) is 18.4 Å². The van der Waals surface area contributed by atoms with Crippen molar-refractivity contribution in [1.29, 1.82) is 0 Å². The fraction of sp³-hybridized carbons (Fsp3) is 0.818. The van der Waals surface area contributed by atoms with Crippen LogP contribution in [-0.2, 0) is 14.3 Å². The molecule has 0 aromatic rings. The molecule has 0 saturated carbocycles. The van der Waals surface area contributed by atoms with Crippen LogP contribution >= 0.6 is 0 Å². The lowest BCUT2D eigenvalue weighted by Crippen LogP contribution is -2.46. The van der Waals surface area contributed by atoms with Crippen molar-refractivity contribution in [3.05, 3.63) is 0 Å². The third-order valence-electron chi connectivity index (χ3n) is 2.74. The number of aliphatic hydroxyl groups excluding tert-OH is 1. The number of nitrogens with two attached hydrogens (primary N) is 1. The topological polar surface area (TPSA) is 105 Å². The molecule has 4 atom stereocenters. The van der Waals surface area contributed by atoms with Gasteiger partial charge in [0.15, 0.2) is 6.29 Å². The zero-order chi connectivity index (χ0) is 12.8. The lowest BCUT2D eigenvalue weighted by molar-refractivity contribution is -0.125. The maximum absolute atomic E-state index is 11.6. The highest BCUT2D eigenvalue weighted by Gasteiger charge is 2.39. The largest absolute Gasteiger partial charge is 0.366 e. The molecule has 0 aromatic heterocycles. The Bertz CT molecular complexity index is 272. The maximum atomic E-state index is 11.6. The number of rotatable bonds is 8. The highest BCUT2D eigenvalue weighted by Crippen LogP contribution is 2.23. The van der Waals surface area contributed by atoms with E-state index < -0.39 is 18.4 Å². The van der Waals surface area contributed by atoms with Crippen LogP contribution in [0.1, 0.15) is 32.6 Å². The van der Waals surface area contributed by atoms with E-state index in [1.807, 2.05) is 6.92 Å². The van der Waals surface area contributed by atoms with Gasteiger partial charge in [-0.25, -0.2) is 0 Å². The van der Waals surface area contributed by atoms with Crippen molar-refractivity contribution in [1.82, 2.24) is 5.32 Å². The number of nitrogens with one attached hydrogen (secondary N) is 1. The quantitative estimate of drug-likeness (QED) is 0.386. The van der Waals surface area contributed by atoms with Crippen LogP contribution in [0, 0.1) is 0 Å². The molecule has 1 fully saturated rings. The number of epoxide rings is 1. The molecule has 2 unspecified atom stereocenters. The summed E-state index contributed by atoms with van der Waals surface area (Å²) < 4.78 is 4.76. The summed E-state index contributed by atoms with van der Waals surface area (Å²) in [5.41, 5.74) is 5.63. The molecule has 98 valence electrons. The number of amides is 1. The van der Waals surface area contributed by atoms with Crippen molar-refractivity contribution >= 4 is 12.2 Å². The van der Waals surface area contributed by atoms with Crippen molar-refractivity contribution in [2.45, 2.75) is 57.1 Å². The van der Waals surface area contributed by atoms with E-state index in [1.165, 1.54) is 0 Å². The summed E-state index contributed by atoms with van der Waals surface area (Å²) >= 11 is 0. The fourth-order valence-corrected chi connectivity index (χ4v) is 1.55. The molecule has 1 amide bonds. The van der Waals surface area contributed by atoms with E-state index in [9.17, 15) is 9.59 Å². The SMILES string of the molecule is CCCC[C@@H](C=O)NC(=O)[C@@H](N)CC1OC1O. The fourth-order valence-electron chi connectivity index (χ4n) is 1.55. The zero-order valence-electron chi connectivity index (χ0n) is 9.96. The van der Waals surface area contributed by atoms with Gasteiger partial charge in [0.25, 0.3) is 0 Å². The predicted octanol–water partition coefficient (Wildman–Crippen LogP) is -0.705. The average Bonchev–Trinajstić information content (AvgIpc) is 2.99. The Balaban J connectivity index is 2.27. The molecule has 0 aromatic carbocycles. The Labute approximate surface area is 101 Å². The second-order valence-electron chi connectivity index (χ2n) is 4.30. The van der Waals surface area contributed by atoms with E-state index in [0.29, 0.717) is 6.42 Å². The molecule has 1 aliphatic rings. The minimum atomic E-state index is -0.796. The first-order valence-corrected chi connectivity index (χ1v) is 5.93. The van der Waals surface area contributed by atoms with Gasteiger partial charge in [-0.1, -0.05) is 19.8 Å². The first-order valence-electron chi connectivity index (χ1n) is 5.93. The number of hydrogen-bond donors (Lipinski definition) is 3. The molecule has 1 rings (SSSR count). The third-order valence-corrected chi connectivity index (χ3v) is 2.74. The minimum Gasteiger partial charge on any atom is -0.366 e. The van der Waals surface area contributed by atoms with E-state index in [1.54, 1.807) is 0 Å². The molecule has 0 aliphatic carbocycles. The number of aliphatic hydroxyl groups is 1. The minimum absolute atomic E-state index is 0.270. The first-order chi connectivity index (χ1) is 8.08. The lowest BCUT2D eigenvalue weighted by Gasteiger charge is -2.15. The molecule has 4 N–H and O–H groups in total. The molecule has 6 heteroatoms. The summed E-state index contributed by atoms with van der Waals surface area (Å²) in [5.74, 6) is -0.374. The molecular weight excluding hydrogens is 224 g/mol. The highest BCUT2D eigenvalue weighted by atomic mass is 16.7. The van der Waals surface area contributed by atoms with Gasteiger partial charge in [-0.2, -0.15) is 0 Å². The molecule has 17 heavy (non-hydrogen) atoms. The molecule has 0 radical (unpaired) electrons. The van der Waals surface area contributed by atoms with Gasteiger partial charge in [-0.05, 0) is 6.42 Å². The molecular formula is C11H20N2O4. The van der Waals surface area contributed by atoms with Crippen molar-refractivity contribution in [3.8, 4) is 0 Å². The second kappa shape index (κ2) is 6.68. The van der Waals surface area contributed by atoms with Crippen molar-refractivity contribution in [2.75, 3.05) is 0 Å². The van der Waals surface area contributed by atoms with Gasteiger partial charge in [0.1, 0.15) is 12.4 Å². The number of aldehydes is 1. The van der Waals surface area contributed by atoms with Crippen molar-refractivity contribution in [2.24, 2.45) is 5.73 Å². The predicted molar refractivity (Wildman–Crippen MR) is 61.0 cm³/mol. The molecule has 1 heterocycles. The van der Waals surface area contributed by atoms with Gasteiger partial charge in [0.2, 0.25) is 5.91 Å². The summed E-state index contributed by atoms with van der Waals surface area (Å²) in [7, 11) is 0. The standard InChI is InChI=1S/C11H20N2O4/c1-2-3-4-7(6-14)13-10(15)8(12)5-9-11(16)17-9/h6-9,11,16H,2-5,12H2,1H3,(H,13,15)/t7-,8-,9?,11?/m0/s1. The Morgan fingerprint density at radius 3 is 2.76 bits per heavy atom. The van der Waals surface area contributed by atoms with Gasteiger partial charge in [0, 0.05) is 6.42 Å². The van der Waals surface area contributed by atoms with Crippen molar-refractivity contribution < 1.29 is 19.4 Å². The van der Waals surface area contributed by atoms with E-state index >= 15 is 0 Å². The highest BCUT2D eigenvalue weighted by molar-refractivity contribution is 5.84. The van der Waals surface area contributed by atoms with E-state index in [4.69, 9.17) is 15.6 Å². The van der Waals surface area contributed by atoms with E-state index in [0.717, 1.165) is 19.1 Å². The first kappa shape index (κ1) is 14.1. The van der Waals surface area contributed by atoms with Crippen LogP contribution in [-0.4, -0.2) is 41.8 Å². The second-order valence-corrected chi connectivity index (χ2v) is 4.30. The van der Waals surface area contributed by atoms with Crippen LogP contribution in [0.25, 0.3) is 0 Å². The summed E-state index contributed by atoms with van der Waals surface area (Å²) in [5, 5.41) is 11.5. The molecule has 1 aliphatic heterocycles. The molecule has 6 nitrogen and oxygen atoms in total. The normalized spacial score (nSPS) is 26.1. The van der Waals surface area contributed by atoms with Gasteiger partial charge < -0.3 is 25.7 Å². The molecule has 1 saturated heterocycles. The van der Waals surface area contributed by atoms with Gasteiger partial charge in [-0.15, -0.1) is 0 Å². The summed E-state index contributed by atoms with van der Waals surface area (Å²) in [4.78, 5) is 22.3. The number of carbonyl (C=O) groups excluding carboxylic acids is 2. The Hall–Kier alpha value is -0.980. The van der Waals surface area contributed by atoms with E-state index in [2.05, 4.69) is 5.32 Å². The van der Waals surface area contributed by atoms with Gasteiger partial charge in [-0.3, -0.25) is 4.79 Å². The Morgan fingerprint density at radius 2 is 2.29 bits per heavy atom. The number of carbonyl (C=O) groups is 2. The number of hydrogen-bond acceptors (Lipinski definition) is 5. The third kappa shape index (κ3) is 4.80. The van der Waals surface area contributed by atoms with Crippen LogP contribution in [0.15, 0.2) is 0 Å². The van der Waals surface area contributed by atoms with Crippen LogP contribution in [0.5, 0.6) is 0 Å². The molecule has 0 spiro atoms. The molecule has 0 bridgehead atoms. The lowest BCUT2D eigenvalue weighted by atomic mass is 10.1. The van der Waals surface area contributed by atoms with Gasteiger partial charge in [0.05, 0.1) is 12.1 Å². The van der Waals surface area contributed by atoms with Crippen LogP contribution in [0.2, 0.25) is 0 Å². The van der Waals surface area contributed by atoms with Crippen molar-refractivity contribution in [3.63, 3.8) is 0 Å². The average molecular weight is 244 g/mol. The van der Waals surface area contributed by atoms with Crippen LogP contribution in [0.4, 0.5) is 0 Å². The van der Waals surface area contributed by atoms with Gasteiger partial charge >= 0.3 is 0 Å². The number of unbranched alkanes of at least 4 members (excludes halogenated alkanes) is 1. The Kier molecular flexibility index (Phi) is 5.54. The summed E-state index contributed by atoms with van der Waals surface area (Å²) in [6.45, 7) is 2.02. The van der Waals surface area contributed by atoms with Crippen LogP contribution < -0.4 is 11.1 Å². The number of ether oxygens (including phenoxy) is 1. The zero-order valence-corrected chi connectivity index (χ0v) is 9.96. The maximum Gasteiger partial charge on any atom is 0.237 e. The van der Waals surface area contributed by atoms with Crippen LogP contribution in [0.3, 0.4) is 0 Å². The summed E-state index contributed by atoms with van der Waals surface area (Å²) in [6, 6.07) is -1.22. The Morgan fingerprint density at radius 1 is 1.65 bits per heavy atom. The monoisotopic (exact) mass is 244 g/mol. The smallest absolute Gasteiger partial charge is 0.237 e. The summed E-state index contributed by atoms with van der Waals surface area (Å²) in [6.07, 6.45) is 2.32.